The number of nitrogens with zero attached hydrogens (tertiary/aromatic N) is 3. The third-order valence-corrected chi connectivity index (χ3v) is 5.70. The number of hydrogen-bond donors (Lipinski definition) is 0. The maximum atomic E-state index is 13.2. The van der Waals surface area contributed by atoms with Crippen molar-refractivity contribution >= 4 is 22.9 Å². The first kappa shape index (κ1) is 18.5. The summed E-state index contributed by atoms with van der Waals surface area (Å²) in [7, 11) is 1.99. The van der Waals surface area contributed by atoms with Crippen LogP contribution in [0.5, 0.6) is 0 Å². The van der Waals surface area contributed by atoms with Crippen LogP contribution in [0.25, 0.3) is 17.0 Å². The number of carbonyl (C=O) groups excluding carboxylic acids is 1. The van der Waals surface area contributed by atoms with Crippen molar-refractivity contribution in [2.75, 3.05) is 32.7 Å². The van der Waals surface area contributed by atoms with E-state index in [9.17, 15) is 4.79 Å². The fourth-order valence-corrected chi connectivity index (χ4v) is 4.07. The van der Waals surface area contributed by atoms with E-state index in [0.717, 1.165) is 54.9 Å². The molecule has 1 aromatic heterocycles. The summed E-state index contributed by atoms with van der Waals surface area (Å²) in [6.07, 6.45) is 4.37. The molecule has 28 heavy (non-hydrogen) atoms. The molecule has 0 spiro atoms. The van der Waals surface area contributed by atoms with Crippen molar-refractivity contribution in [3.8, 4) is 0 Å². The van der Waals surface area contributed by atoms with Gasteiger partial charge in [-0.05, 0) is 24.1 Å². The summed E-state index contributed by atoms with van der Waals surface area (Å²) in [4.78, 5) is 17.6. The molecule has 3 aromatic rings. The number of rotatable bonds is 4. The molecule has 0 saturated carbocycles. The minimum Gasteiger partial charge on any atom is -0.339 e. The van der Waals surface area contributed by atoms with Crippen molar-refractivity contribution in [3.63, 3.8) is 0 Å². The monoisotopic (exact) mass is 373 g/mol. The Morgan fingerprint density at radius 2 is 1.64 bits per heavy atom. The smallest absolute Gasteiger partial charge is 0.270 e. The maximum absolute atomic E-state index is 13.2. The number of amides is 1. The summed E-state index contributed by atoms with van der Waals surface area (Å²) in [5.41, 5.74) is 4.24. The molecule has 0 aliphatic carbocycles. The lowest BCUT2D eigenvalue weighted by Gasteiger charge is -2.34. The molecule has 0 radical (unpaired) electrons. The van der Waals surface area contributed by atoms with Crippen molar-refractivity contribution in [2.45, 2.75) is 6.92 Å². The molecular formula is C24H27N3O. The molecule has 1 fully saturated rings. The Hall–Kier alpha value is -2.85. The topological polar surface area (TPSA) is 28.5 Å². The highest BCUT2D eigenvalue weighted by molar-refractivity contribution is 6.01. The summed E-state index contributed by atoms with van der Waals surface area (Å²) in [6, 6.07) is 18.6. The van der Waals surface area contributed by atoms with Crippen LogP contribution in [0.1, 0.15) is 21.6 Å². The number of piperazine rings is 1. The van der Waals surface area contributed by atoms with Crippen LogP contribution in [0.3, 0.4) is 0 Å². The van der Waals surface area contributed by atoms with Crippen molar-refractivity contribution < 1.29 is 4.79 Å². The Bertz CT molecular complexity index is 956. The number of aromatic nitrogens is 1. The number of carbonyl (C=O) groups is 1. The van der Waals surface area contributed by atoms with Gasteiger partial charge in [-0.15, -0.1) is 0 Å². The Labute approximate surface area is 166 Å². The van der Waals surface area contributed by atoms with Gasteiger partial charge in [0.25, 0.3) is 5.91 Å². The predicted octanol–water partition coefficient (Wildman–Crippen LogP) is 3.96. The van der Waals surface area contributed by atoms with E-state index >= 15 is 0 Å². The quantitative estimate of drug-likeness (QED) is 0.693. The van der Waals surface area contributed by atoms with Gasteiger partial charge in [0.05, 0.1) is 0 Å². The van der Waals surface area contributed by atoms with Crippen LogP contribution in [0.2, 0.25) is 0 Å². The molecule has 1 aliphatic heterocycles. The lowest BCUT2D eigenvalue weighted by Crippen LogP contribution is -2.49. The zero-order chi connectivity index (χ0) is 19.5. The van der Waals surface area contributed by atoms with Crippen LogP contribution in [-0.2, 0) is 7.05 Å². The molecule has 4 nitrogen and oxygen atoms in total. The largest absolute Gasteiger partial charge is 0.339 e. The van der Waals surface area contributed by atoms with E-state index in [4.69, 9.17) is 0 Å². The third-order valence-electron chi connectivity index (χ3n) is 5.70. The Morgan fingerprint density at radius 3 is 2.36 bits per heavy atom. The first-order valence-corrected chi connectivity index (χ1v) is 9.92. The van der Waals surface area contributed by atoms with Gasteiger partial charge in [0.2, 0.25) is 0 Å². The average molecular weight is 374 g/mol. The zero-order valence-electron chi connectivity index (χ0n) is 16.6. The van der Waals surface area contributed by atoms with Gasteiger partial charge in [-0.2, -0.15) is 0 Å². The summed E-state index contributed by atoms with van der Waals surface area (Å²) in [6.45, 7) is 6.35. The molecule has 2 heterocycles. The highest BCUT2D eigenvalue weighted by atomic mass is 16.2. The van der Waals surface area contributed by atoms with Gasteiger partial charge in [0.1, 0.15) is 5.69 Å². The summed E-state index contributed by atoms with van der Waals surface area (Å²) in [5, 5.41) is 1.16. The van der Waals surface area contributed by atoms with Crippen molar-refractivity contribution in [1.29, 1.82) is 0 Å². The number of benzene rings is 2. The van der Waals surface area contributed by atoms with E-state index in [0.29, 0.717) is 0 Å². The number of aryl methyl sites for hydroxylation is 2. The van der Waals surface area contributed by atoms with Crippen LogP contribution in [0, 0.1) is 6.92 Å². The second kappa shape index (κ2) is 8.03. The van der Waals surface area contributed by atoms with Crippen molar-refractivity contribution in [2.24, 2.45) is 7.05 Å². The molecule has 0 bridgehead atoms. The summed E-state index contributed by atoms with van der Waals surface area (Å²) in [5.74, 6) is 0.149. The second-order valence-electron chi connectivity index (χ2n) is 7.46. The normalized spacial score (nSPS) is 15.6. The van der Waals surface area contributed by atoms with Crippen molar-refractivity contribution in [1.82, 2.24) is 14.4 Å². The molecule has 1 amide bonds. The maximum Gasteiger partial charge on any atom is 0.270 e. The van der Waals surface area contributed by atoms with E-state index < -0.39 is 0 Å². The average Bonchev–Trinajstić information content (AvgIpc) is 2.99. The molecular weight excluding hydrogens is 346 g/mol. The van der Waals surface area contributed by atoms with E-state index in [2.05, 4.69) is 60.4 Å². The summed E-state index contributed by atoms with van der Waals surface area (Å²) >= 11 is 0. The van der Waals surface area contributed by atoms with Gasteiger partial charge in [-0.1, -0.05) is 60.7 Å². The van der Waals surface area contributed by atoms with Gasteiger partial charge in [0.15, 0.2) is 0 Å². The first-order valence-electron chi connectivity index (χ1n) is 9.92. The molecule has 0 unspecified atom stereocenters. The molecule has 4 heteroatoms. The van der Waals surface area contributed by atoms with E-state index in [1.54, 1.807) is 0 Å². The van der Waals surface area contributed by atoms with Crippen LogP contribution in [0.4, 0.5) is 0 Å². The van der Waals surface area contributed by atoms with Gasteiger partial charge < -0.3 is 9.47 Å². The molecule has 0 atom stereocenters. The number of fused-ring (bicyclic) bond motifs is 1. The van der Waals surface area contributed by atoms with Gasteiger partial charge in [-0.25, -0.2) is 0 Å². The minimum absolute atomic E-state index is 0.149. The van der Waals surface area contributed by atoms with Crippen LogP contribution in [0.15, 0.2) is 60.7 Å². The van der Waals surface area contributed by atoms with E-state index in [1.807, 2.05) is 34.7 Å². The SMILES string of the molecule is Cc1c(C(=O)N2CCN(C/C=C/c3ccccc3)CC2)n(C)c2ccccc12. The summed E-state index contributed by atoms with van der Waals surface area (Å²) < 4.78 is 2.04. The number of para-hydroxylation sites is 1. The van der Waals surface area contributed by atoms with Crippen molar-refractivity contribution in [3.05, 3.63) is 77.5 Å². The Balaban J connectivity index is 1.39. The lowest BCUT2D eigenvalue weighted by molar-refractivity contribution is 0.0640. The van der Waals surface area contributed by atoms with E-state index in [-0.39, 0.29) is 5.91 Å². The van der Waals surface area contributed by atoms with E-state index in [1.165, 1.54) is 5.56 Å². The Kier molecular flexibility index (Phi) is 5.31. The molecule has 2 aromatic carbocycles. The molecule has 1 saturated heterocycles. The number of hydrogen-bond acceptors (Lipinski definition) is 2. The highest BCUT2D eigenvalue weighted by Gasteiger charge is 2.26. The van der Waals surface area contributed by atoms with Gasteiger partial charge in [-0.3, -0.25) is 9.69 Å². The third kappa shape index (κ3) is 3.60. The van der Waals surface area contributed by atoms with Crippen LogP contribution in [-0.4, -0.2) is 53.0 Å². The minimum atomic E-state index is 0.149. The lowest BCUT2D eigenvalue weighted by atomic mass is 10.1. The highest BCUT2D eigenvalue weighted by Crippen LogP contribution is 2.25. The molecule has 0 N–H and O–H groups in total. The fraction of sp³-hybridized carbons (Fsp3) is 0.292. The second-order valence-corrected chi connectivity index (χ2v) is 7.46. The standard InChI is InChI=1S/C24H27N3O/c1-19-21-12-6-7-13-22(21)25(2)23(19)24(28)27-17-15-26(16-18-27)14-8-11-20-9-4-3-5-10-20/h3-13H,14-18H2,1-2H3/b11-8+. The molecule has 1 aliphatic rings. The van der Waals surface area contributed by atoms with Crippen LogP contribution < -0.4 is 0 Å². The zero-order valence-corrected chi connectivity index (χ0v) is 16.6. The molecule has 144 valence electrons. The van der Waals surface area contributed by atoms with Crippen LogP contribution >= 0.6 is 0 Å². The predicted molar refractivity (Wildman–Crippen MR) is 115 cm³/mol. The molecule has 4 rings (SSSR count). The van der Waals surface area contributed by atoms with Gasteiger partial charge in [0, 0.05) is 50.7 Å². The first-order chi connectivity index (χ1) is 13.6. The van der Waals surface area contributed by atoms with Gasteiger partial charge >= 0.3 is 0 Å². The fourth-order valence-electron chi connectivity index (χ4n) is 4.07. The Morgan fingerprint density at radius 1 is 0.964 bits per heavy atom.